The van der Waals surface area contributed by atoms with Gasteiger partial charge in [0.25, 0.3) is 5.91 Å². The molecular weight excluding hydrogens is 364 g/mol. The molecule has 7 nitrogen and oxygen atoms in total. The van der Waals surface area contributed by atoms with Crippen molar-refractivity contribution in [1.82, 2.24) is 19.8 Å². The first-order valence-electron chi connectivity index (χ1n) is 10.2. The van der Waals surface area contributed by atoms with Gasteiger partial charge >= 0.3 is 0 Å². The topological polar surface area (TPSA) is 64.6 Å². The predicted molar refractivity (Wildman–Crippen MR) is 118 cm³/mol. The summed E-state index contributed by atoms with van der Waals surface area (Å²) in [7, 11) is 4.04. The number of hydrogen-bond donors (Lipinski definition) is 1. The van der Waals surface area contributed by atoms with Gasteiger partial charge in [-0.2, -0.15) is 0 Å². The molecule has 7 heteroatoms. The SMILES string of the molecule is Cc1cc(C(=O)N2CCN(c3cccc(C)c3C)CC2)nc(NCCN(C)C)n1. The number of anilines is 2. The number of carbonyl (C=O) groups is 1. The molecule has 0 unspecified atom stereocenters. The normalized spacial score (nSPS) is 14.4. The van der Waals surface area contributed by atoms with E-state index >= 15 is 0 Å². The average molecular weight is 397 g/mol. The molecule has 0 bridgehead atoms. The van der Waals surface area contributed by atoms with E-state index in [1.807, 2.05) is 25.9 Å². The van der Waals surface area contributed by atoms with Crippen molar-refractivity contribution < 1.29 is 4.79 Å². The lowest BCUT2D eigenvalue weighted by molar-refractivity contribution is 0.0740. The molecule has 1 N–H and O–H groups in total. The number of amides is 1. The Morgan fingerprint density at radius 2 is 1.83 bits per heavy atom. The number of likely N-dealkylation sites (N-methyl/N-ethyl adjacent to an activating group) is 1. The first-order valence-corrected chi connectivity index (χ1v) is 10.2. The van der Waals surface area contributed by atoms with E-state index in [0.29, 0.717) is 24.7 Å². The van der Waals surface area contributed by atoms with Gasteiger partial charge in [-0.15, -0.1) is 0 Å². The summed E-state index contributed by atoms with van der Waals surface area (Å²) in [6.07, 6.45) is 0. The van der Waals surface area contributed by atoms with E-state index < -0.39 is 0 Å². The first kappa shape index (κ1) is 21.0. The zero-order valence-electron chi connectivity index (χ0n) is 18.2. The zero-order valence-corrected chi connectivity index (χ0v) is 18.2. The van der Waals surface area contributed by atoms with E-state index in [0.717, 1.165) is 31.9 Å². The molecule has 0 saturated carbocycles. The molecule has 29 heavy (non-hydrogen) atoms. The highest BCUT2D eigenvalue weighted by Crippen LogP contribution is 2.24. The molecule has 0 aliphatic carbocycles. The molecule has 1 aromatic carbocycles. The molecule has 1 amide bonds. The fourth-order valence-electron chi connectivity index (χ4n) is 3.54. The summed E-state index contributed by atoms with van der Waals surface area (Å²) in [5.41, 5.74) is 5.14. The number of hydrogen-bond acceptors (Lipinski definition) is 6. The molecule has 0 atom stereocenters. The summed E-state index contributed by atoms with van der Waals surface area (Å²) in [5.74, 6) is 0.496. The summed E-state index contributed by atoms with van der Waals surface area (Å²) in [6, 6.07) is 8.18. The fraction of sp³-hybridized carbons (Fsp3) is 0.500. The number of nitrogens with one attached hydrogen (secondary N) is 1. The number of aryl methyl sites for hydroxylation is 2. The summed E-state index contributed by atoms with van der Waals surface area (Å²) < 4.78 is 0. The van der Waals surface area contributed by atoms with Crippen molar-refractivity contribution in [3.63, 3.8) is 0 Å². The van der Waals surface area contributed by atoms with Gasteiger partial charge in [0.05, 0.1) is 0 Å². The Labute approximate surface area is 173 Å². The van der Waals surface area contributed by atoms with Gasteiger partial charge in [-0.25, -0.2) is 9.97 Å². The molecule has 1 aliphatic rings. The van der Waals surface area contributed by atoms with E-state index in [2.05, 4.69) is 57.1 Å². The third kappa shape index (κ3) is 5.23. The van der Waals surface area contributed by atoms with Crippen molar-refractivity contribution in [3.8, 4) is 0 Å². The molecule has 3 rings (SSSR count). The fourth-order valence-corrected chi connectivity index (χ4v) is 3.54. The van der Waals surface area contributed by atoms with E-state index in [9.17, 15) is 4.79 Å². The molecule has 1 saturated heterocycles. The van der Waals surface area contributed by atoms with Crippen molar-refractivity contribution in [3.05, 3.63) is 46.8 Å². The number of piperazine rings is 1. The smallest absolute Gasteiger partial charge is 0.272 e. The summed E-state index contributed by atoms with van der Waals surface area (Å²) in [5, 5.41) is 3.21. The van der Waals surface area contributed by atoms with Crippen LogP contribution in [0.4, 0.5) is 11.6 Å². The quantitative estimate of drug-likeness (QED) is 0.809. The van der Waals surface area contributed by atoms with Gasteiger partial charge in [0.1, 0.15) is 5.69 Å². The lowest BCUT2D eigenvalue weighted by Crippen LogP contribution is -2.49. The minimum atomic E-state index is -0.0215. The Bertz CT molecular complexity index is 858. The average Bonchev–Trinajstić information content (AvgIpc) is 2.69. The van der Waals surface area contributed by atoms with Crippen LogP contribution in [-0.4, -0.2) is 79.0 Å². The van der Waals surface area contributed by atoms with Crippen molar-refractivity contribution in [2.45, 2.75) is 20.8 Å². The van der Waals surface area contributed by atoms with Crippen LogP contribution in [0.5, 0.6) is 0 Å². The van der Waals surface area contributed by atoms with Gasteiger partial charge < -0.3 is 20.0 Å². The third-order valence-corrected chi connectivity index (χ3v) is 5.40. The molecular formula is C22H32N6O. The minimum absolute atomic E-state index is 0.0215. The second-order valence-electron chi connectivity index (χ2n) is 7.95. The number of rotatable bonds is 6. The Morgan fingerprint density at radius 3 is 2.52 bits per heavy atom. The third-order valence-electron chi connectivity index (χ3n) is 5.40. The van der Waals surface area contributed by atoms with Crippen LogP contribution in [0.2, 0.25) is 0 Å². The van der Waals surface area contributed by atoms with E-state index in [-0.39, 0.29) is 5.91 Å². The molecule has 1 fully saturated rings. The molecule has 2 aromatic rings. The van der Waals surface area contributed by atoms with E-state index in [1.165, 1.54) is 16.8 Å². The van der Waals surface area contributed by atoms with Crippen molar-refractivity contribution >= 4 is 17.5 Å². The van der Waals surface area contributed by atoms with Crippen LogP contribution in [0.15, 0.2) is 24.3 Å². The standard InChI is InChI=1S/C22H32N6O/c1-16-7-6-8-20(18(16)3)27-11-13-28(14-12-27)21(29)19-15-17(2)24-22(25-19)23-9-10-26(4)5/h6-8,15H,9-14H2,1-5H3,(H,23,24,25). The van der Waals surface area contributed by atoms with E-state index in [1.54, 1.807) is 6.07 Å². The maximum absolute atomic E-state index is 13.0. The highest BCUT2D eigenvalue weighted by Gasteiger charge is 2.24. The lowest BCUT2D eigenvalue weighted by Gasteiger charge is -2.37. The number of benzene rings is 1. The maximum Gasteiger partial charge on any atom is 0.272 e. The Balaban J connectivity index is 1.64. The Morgan fingerprint density at radius 1 is 1.10 bits per heavy atom. The van der Waals surface area contributed by atoms with Crippen molar-refractivity contribution in [2.75, 3.05) is 63.6 Å². The van der Waals surface area contributed by atoms with Gasteiger partial charge in [-0.1, -0.05) is 12.1 Å². The zero-order chi connectivity index (χ0) is 21.0. The lowest BCUT2D eigenvalue weighted by atomic mass is 10.1. The minimum Gasteiger partial charge on any atom is -0.368 e. The van der Waals surface area contributed by atoms with Crippen LogP contribution in [0.3, 0.4) is 0 Å². The Hall–Kier alpha value is -2.67. The summed E-state index contributed by atoms with van der Waals surface area (Å²) >= 11 is 0. The van der Waals surface area contributed by atoms with Crippen LogP contribution >= 0.6 is 0 Å². The first-order chi connectivity index (χ1) is 13.8. The van der Waals surface area contributed by atoms with E-state index in [4.69, 9.17) is 0 Å². The van der Waals surface area contributed by atoms with Gasteiger partial charge in [-0.05, 0) is 58.1 Å². The second-order valence-corrected chi connectivity index (χ2v) is 7.95. The monoisotopic (exact) mass is 396 g/mol. The molecule has 0 spiro atoms. The Kier molecular flexibility index (Phi) is 6.69. The van der Waals surface area contributed by atoms with Crippen LogP contribution in [0.25, 0.3) is 0 Å². The molecule has 1 aliphatic heterocycles. The summed E-state index contributed by atoms with van der Waals surface area (Å²) in [6.45, 7) is 10.9. The van der Waals surface area contributed by atoms with Crippen LogP contribution < -0.4 is 10.2 Å². The second kappa shape index (κ2) is 9.22. The highest BCUT2D eigenvalue weighted by atomic mass is 16.2. The van der Waals surface area contributed by atoms with Gasteiger partial charge in [0.15, 0.2) is 0 Å². The van der Waals surface area contributed by atoms with Crippen LogP contribution in [0, 0.1) is 20.8 Å². The predicted octanol–water partition coefficient (Wildman–Crippen LogP) is 2.34. The highest BCUT2D eigenvalue weighted by molar-refractivity contribution is 5.92. The van der Waals surface area contributed by atoms with Crippen molar-refractivity contribution in [2.24, 2.45) is 0 Å². The molecule has 156 valence electrons. The molecule has 0 radical (unpaired) electrons. The maximum atomic E-state index is 13.0. The van der Waals surface area contributed by atoms with Crippen LogP contribution in [-0.2, 0) is 0 Å². The number of nitrogens with zero attached hydrogens (tertiary/aromatic N) is 5. The van der Waals surface area contributed by atoms with Crippen LogP contribution in [0.1, 0.15) is 27.3 Å². The summed E-state index contributed by atoms with van der Waals surface area (Å²) in [4.78, 5) is 28.3. The van der Waals surface area contributed by atoms with Gasteiger partial charge in [-0.3, -0.25) is 4.79 Å². The number of aromatic nitrogens is 2. The van der Waals surface area contributed by atoms with Crippen molar-refractivity contribution in [1.29, 1.82) is 0 Å². The molecule has 1 aromatic heterocycles. The van der Waals surface area contributed by atoms with Gasteiger partial charge in [0.2, 0.25) is 5.95 Å². The largest absolute Gasteiger partial charge is 0.368 e. The van der Waals surface area contributed by atoms with Gasteiger partial charge in [0, 0.05) is 50.6 Å². The number of carbonyl (C=O) groups excluding carboxylic acids is 1. The molecule has 2 heterocycles.